The predicted octanol–water partition coefficient (Wildman–Crippen LogP) is 2.33. The highest BCUT2D eigenvalue weighted by atomic mass is 16.2. The zero-order chi connectivity index (χ0) is 12.7. The Labute approximate surface area is 105 Å². The van der Waals surface area contributed by atoms with Crippen molar-refractivity contribution < 1.29 is 4.79 Å². The van der Waals surface area contributed by atoms with Crippen LogP contribution in [0.25, 0.3) is 0 Å². The quantitative estimate of drug-likeness (QED) is 0.720. The number of carbonyl (C=O) groups excluding carboxylic acids is 1. The van der Waals surface area contributed by atoms with E-state index in [9.17, 15) is 4.79 Å². The summed E-state index contributed by atoms with van der Waals surface area (Å²) in [7, 11) is 0. The van der Waals surface area contributed by atoms with Gasteiger partial charge < -0.3 is 5.32 Å². The Kier molecular flexibility index (Phi) is 6.27. The van der Waals surface area contributed by atoms with Gasteiger partial charge >= 0.3 is 0 Å². The van der Waals surface area contributed by atoms with Crippen molar-refractivity contribution in [2.24, 2.45) is 0 Å². The van der Waals surface area contributed by atoms with Gasteiger partial charge in [0.15, 0.2) is 0 Å². The first kappa shape index (κ1) is 14.2. The third-order valence-electron chi connectivity index (χ3n) is 3.13. The summed E-state index contributed by atoms with van der Waals surface area (Å²) in [5.41, 5.74) is 1.35. The fourth-order valence-electron chi connectivity index (χ4n) is 2.16. The number of amides is 1. The fraction of sp³-hybridized carbons (Fsp3) is 0.786. The molecular weight excluding hydrogens is 212 g/mol. The zero-order valence-corrected chi connectivity index (χ0v) is 11.5. The standard InChI is InChI=1S/C14H26N2O/c1-12(2)7-6-8-13(3)15-14(17)11-16-9-4-5-10-16/h7,13H,4-6,8-11H2,1-3H3,(H,15,17). The van der Waals surface area contributed by atoms with Crippen LogP contribution in [0, 0.1) is 0 Å². The third-order valence-corrected chi connectivity index (χ3v) is 3.13. The van der Waals surface area contributed by atoms with Gasteiger partial charge in [-0.05, 0) is 59.5 Å². The minimum Gasteiger partial charge on any atom is -0.353 e. The molecule has 3 heteroatoms. The molecule has 1 N–H and O–H groups in total. The van der Waals surface area contributed by atoms with Gasteiger partial charge in [-0.25, -0.2) is 0 Å². The topological polar surface area (TPSA) is 32.3 Å². The van der Waals surface area contributed by atoms with Gasteiger partial charge in [0.05, 0.1) is 6.54 Å². The van der Waals surface area contributed by atoms with Crippen LogP contribution in [0.3, 0.4) is 0 Å². The molecule has 0 spiro atoms. The van der Waals surface area contributed by atoms with Gasteiger partial charge in [-0.1, -0.05) is 11.6 Å². The van der Waals surface area contributed by atoms with Crippen molar-refractivity contribution in [1.82, 2.24) is 10.2 Å². The predicted molar refractivity (Wildman–Crippen MR) is 71.9 cm³/mol. The Morgan fingerprint density at radius 1 is 1.35 bits per heavy atom. The molecule has 0 radical (unpaired) electrons. The molecular formula is C14H26N2O. The second kappa shape index (κ2) is 7.49. The molecule has 17 heavy (non-hydrogen) atoms. The Morgan fingerprint density at radius 3 is 2.59 bits per heavy atom. The van der Waals surface area contributed by atoms with Crippen molar-refractivity contribution in [3.05, 3.63) is 11.6 Å². The molecule has 0 aromatic heterocycles. The van der Waals surface area contributed by atoms with Crippen LogP contribution in [0.1, 0.15) is 46.5 Å². The van der Waals surface area contributed by atoms with E-state index in [1.807, 2.05) is 0 Å². The first-order chi connectivity index (χ1) is 8.08. The number of hydrogen-bond donors (Lipinski definition) is 1. The van der Waals surface area contributed by atoms with Crippen LogP contribution in [0.15, 0.2) is 11.6 Å². The molecule has 1 fully saturated rings. The van der Waals surface area contributed by atoms with Crippen molar-refractivity contribution >= 4 is 5.91 Å². The van der Waals surface area contributed by atoms with E-state index in [-0.39, 0.29) is 11.9 Å². The molecule has 0 aromatic rings. The van der Waals surface area contributed by atoms with Gasteiger partial charge in [-0.2, -0.15) is 0 Å². The number of hydrogen-bond acceptors (Lipinski definition) is 2. The normalized spacial score (nSPS) is 17.8. The van der Waals surface area contributed by atoms with Crippen molar-refractivity contribution in [3.8, 4) is 0 Å². The van der Waals surface area contributed by atoms with Crippen LogP contribution in [-0.2, 0) is 4.79 Å². The minimum absolute atomic E-state index is 0.177. The SMILES string of the molecule is CC(C)=CCCC(C)NC(=O)CN1CCCC1. The fourth-order valence-corrected chi connectivity index (χ4v) is 2.16. The lowest BCUT2D eigenvalue weighted by Gasteiger charge is -2.17. The minimum atomic E-state index is 0.177. The Morgan fingerprint density at radius 2 is 2.00 bits per heavy atom. The molecule has 1 saturated heterocycles. The molecule has 0 aliphatic carbocycles. The molecule has 1 unspecified atom stereocenters. The van der Waals surface area contributed by atoms with Gasteiger partial charge in [0.2, 0.25) is 5.91 Å². The monoisotopic (exact) mass is 238 g/mol. The summed E-state index contributed by atoms with van der Waals surface area (Å²) in [6.07, 6.45) is 6.78. The Hall–Kier alpha value is -0.830. The lowest BCUT2D eigenvalue weighted by molar-refractivity contribution is -0.122. The third kappa shape index (κ3) is 6.47. The van der Waals surface area contributed by atoms with Crippen molar-refractivity contribution in [3.63, 3.8) is 0 Å². The van der Waals surface area contributed by atoms with Crippen LogP contribution in [0.2, 0.25) is 0 Å². The summed E-state index contributed by atoms with van der Waals surface area (Å²) in [4.78, 5) is 14.0. The maximum atomic E-state index is 11.7. The van der Waals surface area contributed by atoms with Crippen LogP contribution < -0.4 is 5.32 Å². The molecule has 1 atom stereocenters. The zero-order valence-electron chi connectivity index (χ0n) is 11.5. The average molecular weight is 238 g/mol. The number of rotatable bonds is 6. The van der Waals surface area contributed by atoms with Gasteiger partial charge in [-0.3, -0.25) is 9.69 Å². The Bertz CT molecular complexity index is 263. The van der Waals surface area contributed by atoms with Crippen molar-refractivity contribution in [2.45, 2.75) is 52.5 Å². The summed E-state index contributed by atoms with van der Waals surface area (Å²) in [5, 5.41) is 3.07. The van der Waals surface area contributed by atoms with E-state index in [2.05, 4.69) is 37.1 Å². The molecule has 0 bridgehead atoms. The van der Waals surface area contributed by atoms with Crippen LogP contribution in [0.5, 0.6) is 0 Å². The molecule has 1 aliphatic rings. The highest BCUT2D eigenvalue weighted by Gasteiger charge is 2.15. The molecule has 98 valence electrons. The summed E-state index contributed by atoms with van der Waals surface area (Å²) < 4.78 is 0. The van der Waals surface area contributed by atoms with Crippen molar-refractivity contribution in [2.75, 3.05) is 19.6 Å². The van der Waals surface area contributed by atoms with E-state index in [1.54, 1.807) is 0 Å². The summed E-state index contributed by atoms with van der Waals surface area (Å²) in [6.45, 7) is 9.04. The molecule has 0 saturated carbocycles. The summed E-state index contributed by atoms with van der Waals surface area (Å²) in [5.74, 6) is 0.177. The molecule has 1 aliphatic heterocycles. The van der Waals surface area contributed by atoms with E-state index in [4.69, 9.17) is 0 Å². The maximum Gasteiger partial charge on any atom is 0.234 e. The van der Waals surface area contributed by atoms with E-state index in [1.165, 1.54) is 18.4 Å². The molecule has 3 nitrogen and oxygen atoms in total. The van der Waals surface area contributed by atoms with Gasteiger partial charge in [0.25, 0.3) is 0 Å². The number of carbonyl (C=O) groups is 1. The van der Waals surface area contributed by atoms with Crippen molar-refractivity contribution in [1.29, 1.82) is 0 Å². The number of nitrogens with one attached hydrogen (secondary N) is 1. The highest BCUT2D eigenvalue weighted by Crippen LogP contribution is 2.06. The van der Waals surface area contributed by atoms with Gasteiger partial charge in [0.1, 0.15) is 0 Å². The average Bonchev–Trinajstić information content (AvgIpc) is 2.69. The summed E-state index contributed by atoms with van der Waals surface area (Å²) >= 11 is 0. The highest BCUT2D eigenvalue weighted by molar-refractivity contribution is 5.78. The van der Waals surface area contributed by atoms with Crippen LogP contribution >= 0.6 is 0 Å². The largest absolute Gasteiger partial charge is 0.353 e. The van der Waals surface area contributed by atoms with Crippen LogP contribution in [-0.4, -0.2) is 36.5 Å². The number of likely N-dealkylation sites (tertiary alicyclic amines) is 1. The van der Waals surface area contributed by atoms with E-state index >= 15 is 0 Å². The van der Waals surface area contributed by atoms with E-state index in [0.29, 0.717) is 6.54 Å². The smallest absolute Gasteiger partial charge is 0.234 e. The van der Waals surface area contributed by atoms with Gasteiger partial charge in [-0.15, -0.1) is 0 Å². The Balaban J connectivity index is 2.14. The maximum absolute atomic E-state index is 11.7. The second-order valence-electron chi connectivity index (χ2n) is 5.31. The first-order valence-corrected chi connectivity index (χ1v) is 6.73. The van der Waals surface area contributed by atoms with E-state index in [0.717, 1.165) is 25.9 Å². The summed E-state index contributed by atoms with van der Waals surface area (Å²) in [6, 6.07) is 0.278. The first-order valence-electron chi connectivity index (χ1n) is 6.73. The number of allylic oxidation sites excluding steroid dienone is 2. The molecule has 1 heterocycles. The molecule has 0 aromatic carbocycles. The molecule has 1 rings (SSSR count). The lowest BCUT2D eigenvalue weighted by Crippen LogP contribution is -2.40. The second-order valence-corrected chi connectivity index (χ2v) is 5.31. The lowest BCUT2D eigenvalue weighted by atomic mass is 10.1. The molecule has 1 amide bonds. The van der Waals surface area contributed by atoms with E-state index < -0.39 is 0 Å². The van der Waals surface area contributed by atoms with Crippen LogP contribution in [0.4, 0.5) is 0 Å². The van der Waals surface area contributed by atoms with Gasteiger partial charge in [0, 0.05) is 6.04 Å². The number of nitrogens with zero attached hydrogens (tertiary/aromatic N) is 1.